The highest BCUT2D eigenvalue weighted by Crippen LogP contribution is 2.49. The van der Waals surface area contributed by atoms with Crippen LogP contribution in [-0.4, -0.2) is 47.8 Å². The second-order valence-electron chi connectivity index (χ2n) is 7.55. The molecule has 2 aliphatic rings. The van der Waals surface area contributed by atoms with Gasteiger partial charge in [0.1, 0.15) is 0 Å². The second-order valence-corrected chi connectivity index (χ2v) is 7.55. The summed E-state index contributed by atoms with van der Waals surface area (Å²) in [4.78, 5) is 28.8. The van der Waals surface area contributed by atoms with Crippen molar-refractivity contribution in [1.82, 2.24) is 9.80 Å². The van der Waals surface area contributed by atoms with Gasteiger partial charge in [0.15, 0.2) is 0 Å². The van der Waals surface area contributed by atoms with E-state index in [-0.39, 0.29) is 23.7 Å². The molecule has 2 aromatic rings. The van der Waals surface area contributed by atoms with E-state index in [9.17, 15) is 22.8 Å². The van der Waals surface area contributed by atoms with Gasteiger partial charge in [-0.25, -0.2) is 0 Å². The normalized spacial score (nSPS) is 21.8. The first-order chi connectivity index (χ1) is 13.8. The number of nitrogens with zero attached hydrogens (tertiary/aromatic N) is 2. The van der Waals surface area contributed by atoms with Gasteiger partial charge in [0.2, 0.25) is 5.91 Å². The Hall–Kier alpha value is -2.83. The maximum atomic E-state index is 12.8. The molecule has 152 valence electrons. The fourth-order valence-electron chi connectivity index (χ4n) is 3.88. The highest BCUT2D eigenvalue weighted by Gasteiger charge is 2.46. The van der Waals surface area contributed by atoms with Crippen LogP contribution in [0.2, 0.25) is 0 Å². The molecule has 2 atom stereocenters. The molecule has 0 N–H and O–H groups in total. The Kier molecular flexibility index (Phi) is 5.06. The average molecular weight is 402 g/mol. The Morgan fingerprint density at radius 3 is 2.00 bits per heavy atom. The van der Waals surface area contributed by atoms with E-state index in [1.807, 2.05) is 18.2 Å². The van der Waals surface area contributed by atoms with Crippen LogP contribution < -0.4 is 0 Å². The van der Waals surface area contributed by atoms with Gasteiger partial charge in [0.25, 0.3) is 5.91 Å². The highest BCUT2D eigenvalue weighted by atomic mass is 19.4. The smallest absolute Gasteiger partial charge is 0.339 e. The van der Waals surface area contributed by atoms with Crippen LogP contribution >= 0.6 is 0 Å². The van der Waals surface area contributed by atoms with E-state index < -0.39 is 11.7 Å². The van der Waals surface area contributed by atoms with Crippen molar-refractivity contribution in [3.63, 3.8) is 0 Å². The molecule has 7 heteroatoms. The zero-order valence-corrected chi connectivity index (χ0v) is 15.7. The number of amides is 2. The maximum absolute atomic E-state index is 12.8. The van der Waals surface area contributed by atoms with E-state index in [0.29, 0.717) is 38.2 Å². The van der Waals surface area contributed by atoms with E-state index in [2.05, 4.69) is 0 Å². The third-order valence-electron chi connectivity index (χ3n) is 5.67. The Balaban J connectivity index is 1.31. The number of alkyl halides is 3. The maximum Gasteiger partial charge on any atom is 0.416 e. The monoisotopic (exact) mass is 402 g/mol. The summed E-state index contributed by atoms with van der Waals surface area (Å²) in [5, 5.41) is 0. The summed E-state index contributed by atoms with van der Waals surface area (Å²) >= 11 is 0. The molecular weight excluding hydrogens is 381 g/mol. The molecule has 2 amide bonds. The van der Waals surface area contributed by atoms with Crippen molar-refractivity contribution in [2.24, 2.45) is 5.92 Å². The van der Waals surface area contributed by atoms with Crippen molar-refractivity contribution >= 4 is 11.8 Å². The van der Waals surface area contributed by atoms with Gasteiger partial charge < -0.3 is 9.80 Å². The predicted octanol–water partition coefficient (Wildman–Crippen LogP) is 3.79. The molecule has 29 heavy (non-hydrogen) atoms. The Morgan fingerprint density at radius 1 is 0.828 bits per heavy atom. The molecule has 0 spiro atoms. The molecule has 2 fully saturated rings. The van der Waals surface area contributed by atoms with Crippen LogP contribution in [0.3, 0.4) is 0 Å². The quantitative estimate of drug-likeness (QED) is 0.784. The number of carbonyl (C=O) groups is 2. The summed E-state index contributed by atoms with van der Waals surface area (Å²) in [6, 6.07) is 14.1. The van der Waals surface area contributed by atoms with Crippen LogP contribution in [0.15, 0.2) is 54.6 Å². The van der Waals surface area contributed by atoms with E-state index >= 15 is 0 Å². The SMILES string of the molecule is O=C(c1ccccc1)N1CCN(C(=O)C2CC2c2ccc(C(F)(F)F)cc2)CC1. The molecule has 2 unspecified atom stereocenters. The summed E-state index contributed by atoms with van der Waals surface area (Å²) in [7, 11) is 0. The lowest BCUT2D eigenvalue weighted by Gasteiger charge is -2.35. The third-order valence-corrected chi connectivity index (χ3v) is 5.67. The number of piperazine rings is 1. The topological polar surface area (TPSA) is 40.6 Å². The minimum absolute atomic E-state index is 0.0197. The Bertz CT molecular complexity index is 889. The molecular formula is C22H21F3N2O2. The van der Waals surface area contributed by atoms with Crippen molar-refractivity contribution in [3.8, 4) is 0 Å². The van der Waals surface area contributed by atoms with E-state index in [4.69, 9.17) is 0 Å². The number of hydrogen-bond donors (Lipinski definition) is 0. The van der Waals surface area contributed by atoms with Crippen LogP contribution in [0, 0.1) is 5.92 Å². The van der Waals surface area contributed by atoms with Crippen LogP contribution in [-0.2, 0) is 11.0 Å². The molecule has 4 rings (SSSR count). The zero-order valence-electron chi connectivity index (χ0n) is 15.7. The van der Waals surface area contributed by atoms with Crippen molar-refractivity contribution in [3.05, 3.63) is 71.3 Å². The summed E-state index contributed by atoms with van der Waals surface area (Å²) in [5.74, 6) is -0.203. The number of rotatable bonds is 3. The van der Waals surface area contributed by atoms with Crippen LogP contribution in [0.25, 0.3) is 0 Å². The fourth-order valence-corrected chi connectivity index (χ4v) is 3.88. The van der Waals surface area contributed by atoms with Gasteiger partial charge in [0.05, 0.1) is 5.56 Å². The lowest BCUT2D eigenvalue weighted by molar-refractivity contribution is -0.137. The molecule has 0 bridgehead atoms. The van der Waals surface area contributed by atoms with Crippen LogP contribution in [0.1, 0.15) is 33.8 Å². The minimum atomic E-state index is -4.35. The molecule has 1 aliphatic heterocycles. The molecule has 1 aliphatic carbocycles. The molecule has 1 saturated heterocycles. The fraction of sp³-hybridized carbons (Fsp3) is 0.364. The molecule has 1 saturated carbocycles. The third kappa shape index (κ3) is 4.13. The minimum Gasteiger partial charge on any atom is -0.339 e. The van der Waals surface area contributed by atoms with Crippen molar-refractivity contribution in [2.75, 3.05) is 26.2 Å². The van der Waals surface area contributed by atoms with Crippen LogP contribution in [0.5, 0.6) is 0 Å². The van der Waals surface area contributed by atoms with Crippen molar-refractivity contribution < 1.29 is 22.8 Å². The summed E-state index contributed by atoms with van der Waals surface area (Å²) in [5.41, 5.74) is 0.732. The van der Waals surface area contributed by atoms with Crippen molar-refractivity contribution in [1.29, 1.82) is 0 Å². The molecule has 2 aromatic carbocycles. The summed E-state index contributed by atoms with van der Waals surface area (Å²) in [6.45, 7) is 1.93. The first kappa shape index (κ1) is 19.5. The molecule has 0 radical (unpaired) electrons. The summed E-state index contributed by atoms with van der Waals surface area (Å²) < 4.78 is 38.1. The highest BCUT2D eigenvalue weighted by molar-refractivity contribution is 5.94. The van der Waals surface area contributed by atoms with Crippen molar-refractivity contribution in [2.45, 2.75) is 18.5 Å². The molecule has 0 aromatic heterocycles. The van der Waals surface area contributed by atoms with Gasteiger partial charge in [-0.3, -0.25) is 9.59 Å². The molecule has 4 nitrogen and oxygen atoms in total. The number of carbonyl (C=O) groups excluding carboxylic acids is 2. The second kappa shape index (κ2) is 7.54. The number of halogens is 3. The van der Waals surface area contributed by atoms with E-state index in [1.54, 1.807) is 21.9 Å². The van der Waals surface area contributed by atoms with Gasteiger partial charge in [-0.2, -0.15) is 13.2 Å². The van der Waals surface area contributed by atoms with Crippen LogP contribution in [0.4, 0.5) is 13.2 Å². The predicted molar refractivity (Wildman–Crippen MR) is 101 cm³/mol. The Morgan fingerprint density at radius 2 is 1.41 bits per heavy atom. The van der Waals surface area contributed by atoms with E-state index in [0.717, 1.165) is 17.7 Å². The number of hydrogen-bond acceptors (Lipinski definition) is 2. The molecule has 1 heterocycles. The zero-order chi connectivity index (χ0) is 20.6. The average Bonchev–Trinajstić information content (AvgIpc) is 3.54. The standard InChI is InChI=1S/C22H21F3N2O2/c23-22(24,25)17-8-6-15(7-9-17)18-14-19(18)21(29)27-12-10-26(11-13-27)20(28)16-4-2-1-3-5-16/h1-9,18-19H,10-14H2. The van der Waals surface area contributed by atoms with Gasteiger partial charge in [-0.1, -0.05) is 30.3 Å². The van der Waals surface area contributed by atoms with E-state index in [1.165, 1.54) is 12.1 Å². The van der Waals surface area contributed by atoms with Gasteiger partial charge in [0, 0.05) is 37.7 Å². The number of benzene rings is 2. The van der Waals surface area contributed by atoms with Gasteiger partial charge in [-0.15, -0.1) is 0 Å². The first-order valence-corrected chi connectivity index (χ1v) is 9.65. The Labute approximate surface area is 166 Å². The lowest BCUT2D eigenvalue weighted by atomic mass is 10.1. The van der Waals surface area contributed by atoms with Gasteiger partial charge >= 0.3 is 6.18 Å². The first-order valence-electron chi connectivity index (χ1n) is 9.65. The summed E-state index contributed by atoms with van der Waals surface area (Å²) in [6.07, 6.45) is -3.69. The lowest BCUT2D eigenvalue weighted by Crippen LogP contribution is -2.51. The van der Waals surface area contributed by atoms with Gasteiger partial charge in [-0.05, 0) is 42.2 Å². The largest absolute Gasteiger partial charge is 0.416 e.